The molecule has 14 aromatic rings. The Balaban J connectivity index is 1.02. The highest BCUT2D eigenvalue weighted by Crippen LogP contribution is 2.44. The van der Waals surface area contributed by atoms with Crippen LogP contribution in [0.25, 0.3) is 127 Å². The van der Waals surface area contributed by atoms with Gasteiger partial charge in [0.2, 0.25) is 0 Å². The van der Waals surface area contributed by atoms with E-state index in [1.165, 1.54) is 54.8 Å². The molecule has 0 unspecified atom stereocenters. The van der Waals surface area contributed by atoms with Crippen LogP contribution in [0.5, 0.6) is 0 Å². The minimum Gasteiger partial charge on any atom is -0.309 e. The van der Waals surface area contributed by atoms with Gasteiger partial charge in [0.25, 0.3) is 0 Å². The summed E-state index contributed by atoms with van der Waals surface area (Å²) in [6.07, 6.45) is 0. The zero-order chi connectivity index (χ0) is 44.0. The zero-order valence-corrected chi connectivity index (χ0v) is 36.3. The molecule has 67 heavy (non-hydrogen) atoms. The fourth-order valence-corrected chi connectivity index (χ4v) is 10.7. The summed E-state index contributed by atoms with van der Waals surface area (Å²) >= 11 is 0. The van der Waals surface area contributed by atoms with E-state index in [2.05, 4.69) is 220 Å². The molecule has 0 amide bonds. The van der Waals surface area contributed by atoms with Gasteiger partial charge in [-0.3, -0.25) is 4.57 Å². The van der Waals surface area contributed by atoms with Gasteiger partial charge in [0.15, 0.2) is 5.82 Å². The molecule has 0 aliphatic heterocycles. The van der Waals surface area contributed by atoms with Crippen molar-refractivity contribution in [3.05, 3.63) is 237 Å². The summed E-state index contributed by atoms with van der Waals surface area (Å²) in [5, 5.41) is 7.24. The summed E-state index contributed by atoms with van der Waals surface area (Å²) in [5.41, 5.74) is 17.4. The van der Waals surface area contributed by atoms with Gasteiger partial charge < -0.3 is 9.13 Å². The lowest BCUT2D eigenvalue weighted by Crippen LogP contribution is -2.03. The van der Waals surface area contributed by atoms with Gasteiger partial charge in [0.05, 0.1) is 44.1 Å². The van der Waals surface area contributed by atoms with Gasteiger partial charge in [0.1, 0.15) is 5.69 Å². The first-order valence-corrected chi connectivity index (χ1v) is 22.8. The first-order chi connectivity index (χ1) is 33.2. The van der Waals surface area contributed by atoms with Crippen molar-refractivity contribution in [2.75, 3.05) is 0 Å². The van der Waals surface area contributed by atoms with Crippen LogP contribution in [-0.2, 0) is 0 Å². The Morgan fingerprint density at radius 1 is 0.254 bits per heavy atom. The molecule has 0 saturated carbocycles. The van der Waals surface area contributed by atoms with E-state index in [1.54, 1.807) is 0 Å². The molecule has 5 heteroatoms. The number of fused-ring (bicyclic) bond motifs is 11. The molecule has 10 aromatic carbocycles. The first kappa shape index (κ1) is 37.3. The topological polar surface area (TPSA) is 40.6 Å². The number of rotatable bonds is 6. The lowest BCUT2D eigenvalue weighted by Gasteiger charge is -2.14. The van der Waals surface area contributed by atoms with Crippen LogP contribution in [0.2, 0.25) is 0 Å². The van der Waals surface area contributed by atoms with Crippen LogP contribution in [0.15, 0.2) is 237 Å². The lowest BCUT2D eigenvalue weighted by molar-refractivity contribution is 1.08. The second kappa shape index (κ2) is 14.7. The molecular weight excluding hydrogens is 815 g/mol. The molecule has 312 valence electrons. The molecule has 0 saturated heterocycles. The van der Waals surface area contributed by atoms with E-state index in [4.69, 9.17) is 9.97 Å². The van der Waals surface area contributed by atoms with Crippen LogP contribution in [0, 0.1) is 0 Å². The fraction of sp³-hybridized carbons (Fsp3) is 0. The highest BCUT2D eigenvalue weighted by Gasteiger charge is 2.23. The molecule has 0 bridgehead atoms. The Morgan fingerprint density at radius 3 is 1.27 bits per heavy atom. The quantitative estimate of drug-likeness (QED) is 0.167. The third-order valence-electron chi connectivity index (χ3n) is 13.6. The van der Waals surface area contributed by atoms with E-state index in [0.717, 1.165) is 72.3 Å². The van der Waals surface area contributed by atoms with Crippen molar-refractivity contribution in [3.8, 4) is 50.7 Å². The highest BCUT2D eigenvalue weighted by molar-refractivity contribution is 6.29. The molecule has 0 fully saturated rings. The molecule has 0 atom stereocenters. The van der Waals surface area contributed by atoms with E-state index < -0.39 is 0 Å². The number of para-hydroxylation sites is 5. The van der Waals surface area contributed by atoms with Gasteiger partial charge in [-0.1, -0.05) is 158 Å². The van der Waals surface area contributed by atoms with Crippen molar-refractivity contribution in [2.45, 2.75) is 0 Å². The normalized spacial score (nSPS) is 11.9. The molecule has 0 aliphatic rings. The predicted molar refractivity (Wildman–Crippen MR) is 279 cm³/mol. The molecular formula is C62H39N5. The predicted octanol–water partition coefficient (Wildman–Crippen LogP) is 15.9. The van der Waals surface area contributed by atoms with Gasteiger partial charge in [-0.25, -0.2) is 9.97 Å². The largest absolute Gasteiger partial charge is 0.309 e. The van der Waals surface area contributed by atoms with Gasteiger partial charge in [0, 0.05) is 49.3 Å². The van der Waals surface area contributed by atoms with Gasteiger partial charge in [-0.05, 0) is 101 Å². The van der Waals surface area contributed by atoms with E-state index in [-0.39, 0.29) is 0 Å². The zero-order valence-electron chi connectivity index (χ0n) is 36.3. The van der Waals surface area contributed by atoms with Crippen molar-refractivity contribution in [3.63, 3.8) is 0 Å². The van der Waals surface area contributed by atoms with Crippen LogP contribution >= 0.6 is 0 Å². The van der Waals surface area contributed by atoms with Crippen LogP contribution < -0.4 is 0 Å². The molecule has 5 nitrogen and oxygen atoms in total. The van der Waals surface area contributed by atoms with Gasteiger partial charge in [-0.2, -0.15) is 0 Å². The smallest absolute Gasteiger partial charge is 0.165 e. The molecule has 14 rings (SSSR count). The van der Waals surface area contributed by atoms with Crippen LogP contribution in [0.3, 0.4) is 0 Å². The highest BCUT2D eigenvalue weighted by atomic mass is 15.1. The molecule has 0 spiro atoms. The molecule has 0 aliphatic carbocycles. The molecule has 0 N–H and O–H groups in total. The van der Waals surface area contributed by atoms with Crippen molar-refractivity contribution >= 4 is 76.5 Å². The number of nitrogens with zero attached hydrogens (tertiary/aromatic N) is 5. The second-order valence-corrected chi connectivity index (χ2v) is 17.4. The fourth-order valence-electron chi connectivity index (χ4n) is 10.7. The summed E-state index contributed by atoms with van der Waals surface area (Å²) < 4.78 is 7.22. The number of hydrogen-bond donors (Lipinski definition) is 0. The first-order valence-electron chi connectivity index (χ1n) is 22.8. The summed E-state index contributed by atoms with van der Waals surface area (Å²) in [7, 11) is 0. The monoisotopic (exact) mass is 853 g/mol. The molecule has 4 heterocycles. The standard InChI is InChI=1S/C62H39N5/c1-4-18-40(19-5-1)43-36-44(41-20-6-2-7-21-41)38-46(37-43)66-55-31-17-12-26-49(55)60-58(66)35-34-57-59(60)48-25-11-16-30-54(48)65(57)45-32-33-56-50(39-45)47-24-10-15-29-53(47)67(56)62-61(42-22-8-3-9-23-42)63-51-27-13-14-28-52(51)64-62/h1-39H. The maximum absolute atomic E-state index is 5.36. The SMILES string of the molecule is c1ccc(-c2cc(-c3ccccc3)cc(-n3c4ccccc4c4c5c6ccccc6n(-c6ccc7c(c6)c6ccccc6n7-c6nc7ccccc7nc6-c6ccccc6)c5ccc43)c2)cc1. The van der Waals surface area contributed by atoms with E-state index in [0.29, 0.717) is 0 Å². The van der Waals surface area contributed by atoms with Crippen molar-refractivity contribution < 1.29 is 0 Å². The second-order valence-electron chi connectivity index (χ2n) is 17.4. The maximum Gasteiger partial charge on any atom is 0.165 e. The maximum atomic E-state index is 5.36. The van der Waals surface area contributed by atoms with E-state index in [9.17, 15) is 0 Å². The Hall–Kier alpha value is -9.06. The Bertz CT molecular complexity index is 4200. The average Bonchev–Trinajstić information content (AvgIpc) is 4.04. The Kier molecular flexibility index (Phi) is 8.21. The van der Waals surface area contributed by atoms with Crippen LogP contribution in [-0.4, -0.2) is 23.7 Å². The third kappa shape index (κ3) is 5.75. The molecule has 4 aromatic heterocycles. The molecule has 0 radical (unpaired) electrons. The van der Waals surface area contributed by atoms with Crippen molar-refractivity contribution in [1.82, 2.24) is 23.7 Å². The number of hydrogen-bond acceptors (Lipinski definition) is 2. The summed E-state index contributed by atoms with van der Waals surface area (Å²) in [6, 6.07) is 85.0. The lowest BCUT2D eigenvalue weighted by atomic mass is 9.98. The van der Waals surface area contributed by atoms with Crippen LogP contribution in [0.1, 0.15) is 0 Å². The van der Waals surface area contributed by atoms with Crippen LogP contribution in [0.4, 0.5) is 0 Å². The van der Waals surface area contributed by atoms with Gasteiger partial charge >= 0.3 is 0 Å². The summed E-state index contributed by atoms with van der Waals surface area (Å²) in [4.78, 5) is 10.6. The van der Waals surface area contributed by atoms with E-state index >= 15 is 0 Å². The van der Waals surface area contributed by atoms with Crippen molar-refractivity contribution in [2.24, 2.45) is 0 Å². The average molecular weight is 854 g/mol. The minimum atomic E-state index is 0.810. The van der Waals surface area contributed by atoms with Crippen molar-refractivity contribution in [1.29, 1.82) is 0 Å². The minimum absolute atomic E-state index is 0.810. The summed E-state index contributed by atoms with van der Waals surface area (Å²) in [6.45, 7) is 0. The summed E-state index contributed by atoms with van der Waals surface area (Å²) in [5.74, 6) is 0.810. The third-order valence-corrected chi connectivity index (χ3v) is 13.6. The van der Waals surface area contributed by atoms with Gasteiger partial charge in [-0.15, -0.1) is 0 Å². The Labute approximate surface area is 385 Å². The Morgan fingerprint density at radius 2 is 0.687 bits per heavy atom. The van der Waals surface area contributed by atoms with E-state index in [1.807, 2.05) is 30.3 Å². The number of aromatic nitrogens is 5. The number of benzene rings is 10.